The van der Waals surface area contributed by atoms with Crippen molar-refractivity contribution in [2.45, 2.75) is 26.8 Å². The fourth-order valence-electron chi connectivity index (χ4n) is 3.00. The predicted octanol–water partition coefficient (Wildman–Crippen LogP) is 5.48. The number of rotatable bonds is 4. The maximum Gasteiger partial charge on any atom is 0.337 e. The third-order valence-corrected chi connectivity index (χ3v) is 4.34. The molecule has 0 saturated carbocycles. The SMILES string of the molecule is CC#CC#CC#CC#CC#CC#CC#Cc1cccc(OCC)c1C1NC(=O)NC(C)=C1C(=O)OC.[HH].[HH].[HH].[HH].[HH].[HH].[HH].[HH].[HH].[HH].[HH].[HH].[HH]. The zero-order valence-corrected chi connectivity index (χ0v) is 20.1. The number of nitrogens with one attached hydrogen (secondary N) is 2. The average Bonchev–Trinajstić information content (AvgIpc) is 2.86. The summed E-state index contributed by atoms with van der Waals surface area (Å²) in [5, 5.41) is 5.35. The standard InChI is InChI=1S/C30H20N2O4.13H2/c1-5-7-8-9-10-11-12-13-14-15-16-17-18-20-24-21-19-22-25(36-6-2)27(24)28-26(29(33)35-4)23(3)31-30(34)32-28;;;;;;;;;;;;;/h19,21-22,28H,6H2,1-4H3,(H2,31,32,34);13*1H. The van der Waals surface area contributed by atoms with E-state index in [0.29, 0.717) is 29.2 Å². The molecule has 0 saturated heterocycles. The van der Waals surface area contributed by atoms with Crippen LogP contribution < -0.4 is 15.4 Å². The third kappa shape index (κ3) is 7.78. The number of ether oxygens (including phenoxy) is 2. The van der Waals surface area contributed by atoms with Crippen LogP contribution in [0.5, 0.6) is 5.75 Å². The molecule has 1 atom stereocenters. The van der Waals surface area contributed by atoms with E-state index in [-0.39, 0.29) is 24.1 Å². The monoisotopic (exact) mass is 498 g/mol. The molecule has 1 aliphatic heterocycles. The molecule has 36 heavy (non-hydrogen) atoms. The fourth-order valence-corrected chi connectivity index (χ4v) is 3.00. The molecule has 2 amide bonds. The van der Waals surface area contributed by atoms with Gasteiger partial charge in [-0.05, 0) is 104 Å². The Kier molecular flexibility index (Phi) is 10.8. The van der Waals surface area contributed by atoms with Crippen LogP contribution in [0.25, 0.3) is 0 Å². The minimum atomic E-state index is -0.832. The summed E-state index contributed by atoms with van der Waals surface area (Å²) in [6.45, 7) is 5.52. The minimum Gasteiger partial charge on any atom is -0.493 e. The van der Waals surface area contributed by atoms with Crippen LogP contribution in [0.2, 0.25) is 0 Å². The van der Waals surface area contributed by atoms with Gasteiger partial charge in [-0.15, -0.1) is 0 Å². The van der Waals surface area contributed by atoms with Gasteiger partial charge in [0.15, 0.2) is 0 Å². The number of esters is 1. The number of methoxy groups -OCH3 is 1. The minimum absolute atomic E-state index is 0. The summed E-state index contributed by atoms with van der Waals surface area (Å²) >= 11 is 0. The topological polar surface area (TPSA) is 76.7 Å². The first kappa shape index (κ1) is 26.7. The smallest absolute Gasteiger partial charge is 0.337 e. The van der Waals surface area contributed by atoms with E-state index in [0.717, 1.165) is 0 Å². The van der Waals surface area contributed by atoms with Gasteiger partial charge in [0.1, 0.15) is 5.75 Å². The predicted molar refractivity (Wildman–Crippen MR) is 163 cm³/mol. The summed E-state index contributed by atoms with van der Waals surface area (Å²) in [4.78, 5) is 24.7. The second-order valence-corrected chi connectivity index (χ2v) is 6.59. The first-order chi connectivity index (χ1) is 17.5. The molecule has 1 aromatic carbocycles. The lowest BCUT2D eigenvalue weighted by molar-refractivity contribution is -0.136. The second kappa shape index (κ2) is 14.5. The lowest BCUT2D eigenvalue weighted by atomic mass is 9.91. The van der Waals surface area contributed by atoms with E-state index in [2.05, 4.69) is 93.5 Å². The maximum absolute atomic E-state index is 12.5. The van der Waals surface area contributed by atoms with Crippen molar-refractivity contribution < 1.29 is 37.6 Å². The van der Waals surface area contributed by atoms with Gasteiger partial charge >= 0.3 is 12.0 Å². The molecule has 0 aliphatic carbocycles. The Hall–Kier alpha value is -5.58. The van der Waals surface area contributed by atoms with Crippen molar-refractivity contribution in [1.29, 1.82) is 0 Å². The van der Waals surface area contributed by atoms with Gasteiger partial charge in [0, 0.05) is 35.4 Å². The zero-order valence-electron chi connectivity index (χ0n) is 20.1. The van der Waals surface area contributed by atoms with Crippen molar-refractivity contribution in [3.05, 3.63) is 40.6 Å². The van der Waals surface area contributed by atoms with Gasteiger partial charge in [0.2, 0.25) is 0 Å². The molecule has 200 valence electrons. The van der Waals surface area contributed by atoms with Gasteiger partial charge in [0.05, 0.1) is 25.3 Å². The number of hydrogen-bond donors (Lipinski definition) is 2. The molecule has 1 heterocycles. The maximum atomic E-state index is 12.5. The molecule has 1 aliphatic rings. The molecule has 6 nitrogen and oxygen atoms in total. The van der Waals surface area contributed by atoms with Crippen molar-refractivity contribution in [1.82, 2.24) is 10.6 Å². The first-order valence-electron chi connectivity index (χ1n) is 10.6. The van der Waals surface area contributed by atoms with E-state index in [1.165, 1.54) is 7.11 Å². The highest BCUT2D eigenvalue weighted by Crippen LogP contribution is 2.35. The Bertz CT molecular complexity index is 1570. The summed E-state index contributed by atoms with van der Waals surface area (Å²) in [6, 6.07) is 3.96. The largest absolute Gasteiger partial charge is 0.493 e. The van der Waals surface area contributed by atoms with Crippen LogP contribution in [0.4, 0.5) is 4.79 Å². The van der Waals surface area contributed by atoms with Crippen LogP contribution in [0, 0.1) is 82.9 Å². The molecule has 2 rings (SSSR count). The van der Waals surface area contributed by atoms with Gasteiger partial charge in [0.25, 0.3) is 0 Å². The lowest BCUT2D eigenvalue weighted by Crippen LogP contribution is -2.45. The van der Waals surface area contributed by atoms with Gasteiger partial charge in [-0.3, -0.25) is 0 Å². The number of carbonyl (C=O) groups excluding carboxylic acids is 2. The van der Waals surface area contributed by atoms with E-state index in [4.69, 9.17) is 9.47 Å². The van der Waals surface area contributed by atoms with E-state index in [1.54, 1.807) is 32.0 Å². The van der Waals surface area contributed by atoms with E-state index in [1.807, 2.05) is 6.92 Å². The molecule has 0 fully saturated rings. The lowest BCUT2D eigenvalue weighted by Gasteiger charge is -2.29. The number of urea groups is 1. The van der Waals surface area contributed by atoms with E-state index >= 15 is 0 Å². The molecule has 1 aromatic rings. The Morgan fingerprint density at radius 3 is 2.11 bits per heavy atom. The first-order valence-corrected chi connectivity index (χ1v) is 10.6. The van der Waals surface area contributed by atoms with E-state index in [9.17, 15) is 9.59 Å². The summed E-state index contributed by atoms with van der Waals surface area (Å²) < 4.78 is 10.7. The van der Waals surface area contributed by atoms with E-state index < -0.39 is 18.0 Å². The molecule has 2 N–H and O–H groups in total. The van der Waals surface area contributed by atoms with Gasteiger partial charge in [-0.1, -0.05) is 17.9 Å². The fraction of sp³-hybridized carbons (Fsp3) is 0.200. The molecule has 0 radical (unpaired) electrons. The summed E-state index contributed by atoms with van der Waals surface area (Å²) in [5.41, 5.74) is 1.67. The summed E-state index contributed by atoms with van der Waals surface area (Å²) in [7, 11) is 1.27. The van der Waals surface area contributed by atoms with Crippen LogP contribution in [0.3, 0.4) is 0 Å². The molecule has 1 unspecified atom stereocenters. The van der Waals surface area contributed by atoms with Crippen LogP contribution in [-0.2, 0) is 9.53 Å². The Labute approximate surface area is 230 Å². The Morgan fingerprint density at radius 1 is 0.972 bits per heavy atom. The van der Waals surface area contributed by atoms with Crippen molar-refractivity contribution in [3.63, 3.8) is 0 Å². The van der Waals surface area contributed by atoms with Crippen LogP contribution in [-0.4, -0.2) is 25.7 Å². The van der Waals surface area contributed by atoms with Crippen molar-refractivity contribution in [2.24, 2.45) is 0 Å². The van der Waals surface area contributed by atoms with Crippen LogP contribution >= 0.6 is 0 Å². The number of benzene rings is 1. The quantitative estimate of drug-likeness (QED) is 0.426. The Balaban J connectivity index is -0.000000105. The second-order valence-electron chi connectivity index (χ2n) is 6.59. The highest BCUT2D eigenvalue weighted by molar-refractivity contribution is 5.95. The number of amides is 2. The molecule has 0 aromatic heterocycles. The zero-order chi connectivity index (χ0) is 26.2. The number of carbonyl (C=O) groups is 2. The summed E-state index contributed by atoms with van der Waals surface area (Å²) in [6.07, 6.45) is 0. The normalized spacial score (nSPS) is 12.3. The highest BCUT2D eigenvalue weighted by atomic mass is 16.5. The van der Waals surface area contributed by atoms with Crippen LogP contribution in [0.1, 0.15) is 56.5 Å². The molecular weight excluding hydrogens is 452 g/mol. The molecule has 0 bridgehead atoms. The summed E-state index contributed by atoms with van der Waals surface area (Å²) in [5.74, 6) is 36.3. The Morgan fingerprint density at radius 2 is 1.56 bits per heavy atom. The van der Waals surface area contributed by atoms with Crippen molar-refractivity contribution >= 4 is 12.0 Å². The molecule has 0 spiro atoms. The van der Waals surface area contributed by atoms with Crippen molar-refractivity contribution in [2.75, 3.05) is 13.7 Å². The average molecular weight is 499 g/mol. The van der Waals surface area contributed by atoms with Crippen molar-refractivity contribution in [3.8, 4) is 88.6 Å². The number of hydrogen-bond acceptors (Lipinski definition) is 4. The van der Waals surface area contributed by atoms with Gasteiger partial charge < -0.3 is 20.1 Å². The van der Waals surface area contributed by atoms with Gasteiger partial charge in [-0.2, -0.15) is 0 Å². The molecular formula is C30H46N2O4. The van der Waals surface area contributed by atoms with Gasteiger partial charge in [-0.25, -0.2) is 9.59 Å². The van der Waals surface area contributed by atoms with Crippen LogP contribution in [0.15, 0.2) is 29.5 Å². The number of allylic oxidation sites excluding steroid dienone is 1. The molecule has 6 heteroatoms. The third-order valence-electron chi connectivity index (χ3n) is 4.34. The highest BCUT2D eigenvalue weighted by Gasteiger charge is 2.35.